The van der Waals surface area contributed by atoms with Crippen molar-refractivity contribution in [1.82, 2.24) is 0 Å². The molecular weight excluding hydrogens is 292 g/mol. The monoisotopic (exact) mass is 308 g/mol. The van der Waals surface area contributed by atoms with Gasteiger partial charge in [0.05, 0.1) is 6.61 Å². The first-order valence-corrected chi connectivity index (χ1v) is 6.90. The van der Waals surface area contributed by atoms with Crippen LogP contribution in [0.15, 0.2) is 40.9 Å². The summed E-state index contributed by atoms with van der Waals surface area (Å²) in [5, 5.41) is 2.42. The summed E-state index contributed by atoms with van der Waals surface area (Å²) < 4.78 is 11.8. The molecule has 0 bridgehead atoms. The molecule has 0 aliphatic rings. The first-order chi connectivity index (χ1) is 8.79. The predicted molar refractivity (Wildman–Crippen MR) is 78.3 cm³/mol. The normalized spacial score (nSPS) is 10.8. The minimum atomic E-state index is 0.741. The number of fused-ring (bicyclic) bond motifs is 1. The Kier molecular flexibility index (Phi) is 5.02. The summed E-state index contributed by atoms with van der Waals surface area (Å²) in [5.74, 6) is 0.933. The van der Waals surface area contributed by atoms with Crippen molar-refractivity contribution in [2.75, 3.05) is 20.3 Å². The first kappa shape index (κ1) is 13.4. The van der Waals surface area contributed by atoms with Crippen LogP contribution in [0.1, 0.15) is 12.8 Å². The van der Waals surface area contributed by atoms with E-state index in [0.717, 1.165) is 36.3 Å². The number of methoxy groups -OCH3 is 1. The third-order valence-electron chi connectivity index (χ3n) is 2.79. The van der Waals surface area contributed by atoms with Gasteiger partial charge in [0, 0.05) is 18.2 Å². The maximum absolute atomic E-state index is 5.72. The van der Waals surface area contributed by atoms with Crippen LogP contribution in [-0.4, -0.2) is 20.3 Å². The van der Waals surface area contributed by atoms with Gasteiger partial charge in [-0.15, -0.1) is 0 Å². The van der Waals surface area contributed by atoms with E-state index >= 15 is 0 Å². The highest BCUT2D eigenvalue weighted by molar-refractivity contribution is 9.10. The molecule has 0 aliphatic carbocycles. The summed E-state index contributed by atoms with van der Waals surface area (Å²) in [6.45, 7) is 1.54. The molecule has 0 amide bonds. The fourth-order valence-corrected chi connectivity index (χ4v) is 2.20. The van der Waals surface area contributed by atoms with Gasteiger partial charge >= 0.3 is 0 Å². The molecule has 3 heteroatoms. The van der Waals surface area contributed by atoms with Crippen molar-refractivity contribution in [3.63, 3.8) is 0 Å². The van der Waals surface area contributed by atoms with E-state index in [1.54, 1.807) is 7.11 Å². The lowest BCUT2D eigenvalue weighted by atomic mass is 10.1. The Morgan fingerprint density at radius 2 is 1.67 bits per heavy atom. The molecule has 0 fully saturated rings. The van der Waals surface area contributed by atoms with Crippen LogP contribution in [0.3, 0.4) is 0 Å². The van der Waals surface area contributed by atoms with Gasteiger partial charge in [-0.1, -0.05) is 28.1 Å². The Morgan fingerprint density at radius 1 is 0.944 bits per heavy atom. The number of hydrogen-bond donors (Lipinski definition) is 0. The molecular formula is C15H17BrO2. The third-order valence-corrected chi connectivity index (χ3v) is 3.28. The van der Waals surface area contributed by atoms with E-state index in [4.69, 9.17) is 9.47 Å². The van der Waals surface area contributed by atoms with Gasteiger partial charge in [-0.25, -0.2) is 0 Å². The van der Waals surface area contributed by atoms with Gasteiger partial charge in [-0.3, -0.25) is 0 Å². The SMILES string of the molecule is COCCCCOc1ccc2cc(Br)ccc2c1. The second-order valence-electron chi connectivity index (χ2n) is 4.20. The molecule has 0 aliphatic heterocycles. The van der Waals surface area contributed by atoms with Crippen LogP contribution in [0, 0.1) is 0 Å². The lowest BCUT2D eigenvalue weighted by Crippen LogP contribution is -1.99. The number of unbranched alkanes of at least 4 members (excludes halogenated alkanes) is 1. The van der Waals surface area contributed by atoms with Crippen molar-refractivity contribution in [1.29, 1.82) is 0 Å². The fraction of sp³-hybridized carbons (Fsp3) is 0.333. The van der Waals surface area contributed by atoms with Crippen LogP contribution in [0.4, 0.5) is 0 Å². The van der Waals surface area contributed by atoms with Crippen molar-refractivity contribution in [3.05, 3.63) is 40.9 Å². The Hall–Kier alpha value is -1.06. The van der Waals surface area contributed by atoms with Gasteiger partial charge < -0.3 is 9.47 Å². The van der Waals surface area contributed by atoms with Crippen molar-refractivity contribution in [2.24, 2.45) is 0 Å². The topological polar surface area (TPSA) is 18.5 Å². The summed E-state index contributed by atoms with van der Waals surface area (Å²) in [6.07, 6.45) is 2.06. The highest BCUT2D eigenvalue weighted by Crippen LogP contribution is 2.24. The van der Waals surface area contributed by atoms with Gasteiger partial charge in [0.25, 0.3) is 0 Å². The van der Waals surface area contributed by atoms with Crippen molar-refractivity contribution >= 4 is 26.7 Å². The molecule has 2 aromatic carbocycles. The van der Waals surface area contributed by atoms with Crippen molar-refractivity contribution in [3.8, 4) is 5.75 Å². The molecule has 0 spiro atoms. The van der Waals surface area contributed by atoms with Crippen LogP contribution in [0.25, 0.3) is 10.8 Å². The van der Waals surface area contributed by atoms with Gasteiger partial charge in [0.15, 0.2) is 0 Å². The highest BCUT2D eigenvalue weighted by atomic mass is 79.9. The highest BCUT2D eigenvalue weighted by Gasteiger charge is 1.98. The summed E-state index contributed by atoms with van der Waals surface area (Å²) in [6, 6.07) is 12.4. The Balaban J connectivity index is 1.95. The van der Waals surface area contributed by atoms with Crippen LogP contribution in [-0.2, 0) is 4.74 Å². The zero-order valence-corrected chi connectivity index (χ0v) is 12.1. The van der Waals surface area contributed by atoms with Gasteiger partial charge in [-0.2, -0.15) is 0 Å². The Bertz CT molecular complexity index is 511. The van der Waals surface area contributed by atoms with Crippen molar-refractivity contribution < 1.29 is 9.47 Å². The first-order valence-electron chi connectivity index (χ1n) is 6.10. The molecule has 2 nitrogen and oxygen atoms in total. The lowest BCUT2D eigenvalue weighted by Gasteiger charge is -2.07. The maximum Gasteiger partial charge on any atom is 0.119 e. The zero-order chi connectivity index (χ0) is 12.8. The van der Waals surface area contributed by atoms with E-state index in [-0.39, 0.29) is 0 Å². The number of benzene rings is 2. The molecule has 96 valence electrons. The van der Waals surface area contributed by atoms with Crippen LogP contribution in [0.5, 0.6) is 5.75 Å². The molecule has 0 heterocycles. The average molecular weight is 309 g/mol. The Morgan fingerprint density at radius 3 is 2.50 bits per heavy atom. The van der Waals surface area contributed by atoms with Gasteiger partial charge in [0.2, 0.25) is 0 Å². The molecule has 0 aromatic heterocycles. The number of ether oxygens (including phenoxy) is 2. The molecule has 0 unspecified atom stereocenters. The van der Waals surface area contributed by atoms with E-state index in [0.29, 0.717) is 0 Å². The number of rotatable bonds is 6. The summed E-state index contributed by atoms with van der Waals surface area (Å²) in [7, 11) is 1.72. The lowest BCUT2D eigenvalue weighted by molar-refractivity contribution is 0.184. The second-order valence-corrected chi connectivity index (χ2v) is 5.12. The quantitative estimate of drug-likeness (QED) is 0.736. The van der Waals surface area contributed by atoms with E-state index in [1.807, 2.05) is 12.1 Å². The van der Waals surface area contributed by atoms with E-state index in [9.17, 15) is 0 Å². The van der Waals surface area contributed by atoms with E-state index < -0.39 is 0 Å². The van der Waals surface area contributed by atoms with Gasteiger partial charge in [0.1, 0.15) is 5.75 Å². The fourth-order valence-electron chi connectivity index (χ4n) is 1.82. The molecule has 2 aromatic rings. The summed E-state index contributed by atoms with van der Waals surface area (Å²) in [4.78, 5) is 0. The largest absolute Gasteiger partial charge is 0.494 e. The summed E-state index contributed by atoms with van der Waals surface area (Å²) in [5.41, 5.74) is 0. The number of halogens is 1. The Labute approximate surface area is 116 Å². The summed E-state index contributed by atoms with van der Waals surface area (Å²) >= 11 is 3.47. The molecule has 0 atom stereocenters. The zero-order valence-electron chi connectivity index (χ0n) is 10.5. The average Bonchev–Trinajstić information content (AvgIpc) is 2.38. The maximum atomic E-state index is 5.72. The van der Waals surface area contributed by atoms with Crippen LogP contribution >= 0.6 is 15.9 Å². The molecule has 0 saturated carbocycles. The minimum absolute atomic E-state index is 0.741. The molecule has 0 saturated heterocycles. The van der Waals surface area contributed by atoms with Crippen molar-refractivity contribution in [2.45, 2.75) is 12.8 Å². The van der Waals surface area contributed by atoms with Crippen LogP contribution < -0.4 is 4.74 Å². The molecule has 0 radical (unpaired) electrons. The number of hydrogen-bond acceptors (Lipinski definition) is 2. The minimum Gasteiger partial charge on any atom is -0.494 e. The van der Waals surface area contributed by atoms with Crippen LogP contribution in [0.2, 0.25) is 0 Å². The molecule has 0 N–H and O–H groups in total. The smallest absolute Gasteiger partial charge is 0.119 e. The van der Waals surface area contributed by atoms with E-state index in [2.05, 4.69) is 40.2 Å². The second kappa shape index (κ2) is 6.76. The standard InChI is InChI=1S/C15H17BrO2/c1-17-8-2-3-9-18-15-7-5-12-10-14(16)6-4-13(12)11-15/h4-7,10-11H,2-3,8-9H2,1H3. The molecule has 18 heavy (non-hydrogen) atoms. The molecule has 2 rings (SSSR count). The van der Waals surface area contributed by atoms with Gasteiger partial charge in [-0.05, 0) is 47.9 Å². The third kappa shape index (κ3) is 3.72. The van der Waals surface area contributed by atoms with E-state index in [1.165, 1.54) is 10.8 Å². The predicted octanol–water partition coefficient (Wildman–Crippen LogP) is 4.41.